The molecule has 0 aliphatic carbocycles. The van der Waals surface area contributed by atoms with E-state index in [1.165, 1.54) is 41.0 Å². The van der Waals surface area contributed by atoms with Gasteiger partial charge in [-0.1, -0.05) is 23.2 Å². The minimum absolute atomic E-state index is 0. The first-order chi connectivity index (χ1) is 15.2. The number of halogens is 2. The number of carbonyl (C=O) groups is 2. The minimum atomic E-state index is -1.28. The van der Waals surface area contributed by atoms with Crippen LogP contribution in [0.3, 0.4) is 0 Å². The second-order valence-electron chi connectivity index (χ2n) is 6.51. The molecule has 3 rings (SSSR count). The van der Waals surface area contributed by atoms with Crippen molar-refractivity contribution in [3.63, 3.8) is 0 Å². The third kappa shape index (κ3) is 6.27. The summed E-state index contributed by atoms with van der Waals surface area (Å²) in [5.41, 5.74) is -0.0299. The average Bonchev–Trinajstić information content (AvgIpc) is 3.09. The summed E-state index contributed by atoms with van der Waals surface area (Å²) in [6.45, 7) is 1.79. The fourth-order valence-corrected chi connectivity index (χ4v) is 3.39. The third-order valence-corrected chi connectivity index (χ3v) is 5.00. The van der Waals surface area contributed by atoms with Gasteiger partial charge in [0.15, 0.2) is 5.82 Å². The van der Waals surface area contributed by atoms with Crippen LogP contribution in [0.4, 0.5) is 11.5 Å². The first kappa shape index (κ1) is 26.2. The van der Waals surface area contributed by atoms with Gasteiger partial charge in [-0.05, 0) is 41.3 Å². The Morgan fingerprint density at radius 1 is 1.24 bits per heavy atom. The van der Waals surface area contributed by atoms with E-state index >= 15 is 0 Å². The number of aromatic carboxylic acids is 1. The molecule has 0 aliphatic rings. The van der Waals surface area contributed by atoms with E-state index in [-0.39, 0.29) is 66.8 Å². The molecule has 33 heavy (non-hydrogen) atoms. The van der Waals surface area contributed by atoms with E-state index in [9.17, 15) is 24.8 Å². The van der Waals surface area contributed by atoms with Gasteiger partial charge in [0.1, 0.15) is 25.1 Å². The largest absolute Gasteiger partial charge is 1.00 e. The maximum absolute atomic E-state index is 12.5. The Balaban J connectivity index is 0.00000289. The monoisotopic (exact) mass is 486 g/mol. The van der Waals surface area contributed by atoms with E-state index in [4.69, 9.17) is 27.9 Å². The summed E-state index contributed by atoms with van der Waals surface area (Å²) >= 11 is 11.9. The first-order valence-corrected chi connectivity index (χ1v) is 9.86. The molecule has 0 saturated heterocycles. The topological polar surface area (TPSA) is 137 Å². The molecule has 0 bridgehead atoms. The number of carboxylic acids is 1. The number of nitrogens with zero attached hydrogens (tertiary/aromatic N) is 3. The fourth-order valence-electron chi connectivity index (χ4n) is 2.90. The summed E-state index contributed by atoms with van der Waals surface area (Å²) in [4.78, 5) is 38.6. The molecule has 0 fully saturated rings. The third-order valence-electron chi connectivity index (χ3n) is 4.45. The molecule has 0 aliphatic heterocycles. The number of hydrogen-bond donors (Lipinski definition) is 2. The number of aromatic nitrogens is 2. The van der Waals surface area contributed by atoms with Crippen LogP contribution in [-0.4, -0.2) is 38.1 Å². The van der Waals surface area contributed by atoms with Crippen LogP contribution in [0.1, 0.15) is 28.0 Å². The molecular weight excluding hydrogens is 470 g/mol. The summed E-state index contributed by atoms with van der Waals surface area (Å²) in [5.74, 6) is -1.40. The van der Waals surface area contributed by atoms with Gasteiger partial charge in [-0.3, -0.25) is 4.79 Å². The van der Waals surface area contributed by atoms with Crippen LogP contribution in [0.2, 0.25) is 10.0 Å². The van der Waals surface area contributed by atoms with Gasteiger partial charge in [-0.2, -0.15) is 0 Å². The van der Waals surface area contributed by atoms with Gasteiger partial charge >= 0.3 is 30.6 Å². The van der Waals surface area contributed by atoms with Gasteiger partial charge in [0, 0.05) is 11.9 Å². The Morgan fingerprint density at radius 2 is 1.97 bits per heavy atom. The number of ether oxygens (including phenoxy) is 1. The number of carboxylic acid groups (broad SMARTS) is 1. The molecule has 0 atom stereocenters. The van der Waals surface area contributed by atoms with E-state index in [2.05, 4.69) is 10.3 Å². The summed E-state index contributed by atoms with van der Waals surface area (Å²) in [6, 6.07) is 8.42. The number of benzene rings is 2. The molecule has 1 aromatic heterocycles. The summed E-state index contributed by atoms with van der Waals surface area (Å²) in [6.07, 6.45) is 1.16. The molecule has 0 spiro atoms. The number of aryl methyl sites for hydroxylation is 1. The van der Waals surface area contributed by atoms with E-state index in [1.807, 2.05) is 0 Å². The number of nitrogens with one attached hydrogen (secondary N) is 1. The number of anilines is 1. The van der Waals surface area contributed by atoms with Crippen molar-refractivity contribution < 1.29 is 44.6 Å². The predicted molar refractivity (Wildman–Crippen MR) is 118 cm³/mol. The molecule has 3 aromatic rings. The van der Waals surface area contributed by atoms with Crippen molar-refractivity contribution in [2.24, 2.45) is 0 Å². The van der Waals surface area contributed by atoms with Crippen molar-refractivity contribution in [1.29, 1.82) is 0 Å². The Kier molecular flexibility index (Phi) is 8.90. The molecule has 0 radical (unpaired) electrons. The van der Waals surface area contributed by atoms with Crippen LogP contribution >= 0.6 is 23.2 Å². The zero-order valence-electron chi connectivity index (χ0n) is 18.5. The Bertz CT molecular complexity index is 1220. The van der Waals surface area contributed by atoms with Crippen molar-refractivity contribution >= 4 is 46.6 Å². The fraction of sp³-hybridized carbons (Fsp3) is 0.150. The Hall–Kier alpha value is -3.03. The molecule has 0 unspecified atom stereocenters. The van der Waals surface area contributed by atoms with Gasteiger partial charge in [0.25, 0.3) is 5.91 Å². The second-order valence-corrected chi connectivity index (χ2v) is 7.36. The normalized spacial score (nSPS) is 10.3. The Labute approximate surface area is 211 Å². The zero-order valence-corrected chi connectivity index (χ0v) is 19.1. The van der Waals surface area contributed by atoms with E-state index in [0.717, 1.165) is 6.20 Å². The molecule has 0 saturated carbocycles. The van der Waals surface area contributed by atoms with Gasteiger partial charge in [0.2, 0.25) is 0 Å². The van der Waals surface area contributed by atoms with E-state index in [0.29, 0.717) is 10.8 Å². The number of nitro groups is 1. The van der Waals surface area contributed by atoms with Crippen molar-refractivity contribution in [3.8, 4) is 5.75 Å². The van der Waals surface area contributed by atoms with Crippen LogP contribution in [0.25, 0.3) is 0 Å². The first-order valence-electron chi connectivity index (χ1n) is 9.10. The molecule has 13 heteroatoms. The maximum Gasteiger partial charge on any atom is 1.00 e. The summed E-state index contributed by atoms with van der Waals surface area (Å²) in [7, 11) is 0. The van der Waals surface area contributed by atoms with Crippen LogP contribution in [0.5, 0.6) is 5.75 Å². The van der Waals surface area contributed by atoms with Crippen molar-refractivity contribution in [2.75, 3.05) is 11.9 Å². The molecule has 1 heterocycles. The minimum Gasteiger partial charge on any atom is -1.00 e. The van der Waals surface area contributed by atoms with Crippen LogP contribution in [-0.2, 0) is 6.54 Å². The van der Waals surface area contributed by atoms with Gasteiger partial charge in [-0.15, -0.1) is 0 Å². The van der Waals surface area contributed by atoms with Crippen molar-refractivity contribution in [2.45, 2.75) is 13.5 Å². The van der Waals surface area contributed by atoms with Gasteiger partial charge < -0.3 is 26.7 Å². The number of amides is 1. The number of rotatable bonds is 8. The predicted octanol–water partition coefficient (Wildman–Crippen LogP) is 1.55. The average molecular weight is 487 g/mol. The van der Waals surface area contributed by atoms with Crippen molar-refractivity contribution in [1.82, 2.24) is 9.55 Å². The van der Waals surface area contributed by atoms with Crippen LogP contribution in [0.15, 0.2) is 42.6 Å². The van der Waals surface area contributed by atoms with E-state index in [1.54, 1.807) is 6.92 Å². The Morgan fingerprint density at radius 3 is 2.61 bits per heavy atom. The summed E-state index contributed by atoms with van der Waals surface area (Å²) in [5, 5.41) is 23.6. The second kappa shape index (κ2) is 11.2. The molecule has 168 valence electrons. The number of hydrogen-bond acceptors (Lipinski definition) is 6. The van der Waals surface area contributed by atoms with Crippen LogP contribution in [0, 0.1) is 17.0 Å². The maximum atomic E-state index is 12.5. The van der Waals surface area contributed by atoms with Gasteiger partial charge in [-0.25, -0.2) is 14.3 Å². The molecule has 2 aromatic carbocycles. The van der Waals surface area contributed by atoms with Gasteiger partial charge in [0.05, 0.1) is 21.8 Å². The zero-order chi connectivity index (χ0) is 23.4. The molecular formula is C20H17Cl2LiN4O6. The van der Waals surface area contributed by atoms with Crippen LogP contribution < -0.4 is 28.9 Å². The van der Waals surface area contributed by atoms with E-state index < -0.39 is 16.8 Å². The number of imidazole rings is 1. The SMILES string of the molecule is Cc1ncc([N+](=O)[O-])n1CCOc1ccc(NC(=O)c2ccc(Cl)cc2Cl)c(C(=O)O)c1.[H-].[Li+]. The molecule has 2 N–H and O–H groups in total. The molecule has 1 amide bonds. The molecule has 10 nitrogen and oxygen atoms in total. The number of carbonyl (C=O) groups excluding carboxylic acids is 1. The quantitative estimate of drug-likeness (QED) is 0.280. The van der Waals surface area contributed by atoms with Crippen molar-refractivity contribution in [3.05, 3.63) is 79.7 Å². The summed E-state index contributed by atoms with van der Waals surface area (Å²) < 4.78 is 6.93. The smallest absolute Gasteiger partial charge is 1.00 e. The standard InChI is InChI=1S/C20H16Cl2N4O6.Li.H/c1-11-23-10-18(26(30)31)25(11)6-7-32-13-3-5-17(15(9-13)20(28)29)24-19(27)14-4-2-12(21)8-16(14)22;;/h2-5,8-10H,6-7H2,1H3,(H,24,27)(H,28,29);;/q;+1;-1.